The fraction of sp³-hybridized carbons (Fsp3) is 0.200. The number of benzene rings is 3. The molecule has 0 aliphatic carbocycles. The molecule has 1 aliphatic rings. The van der Waals surface area contributed by atoms with Gasteiger partial charge in [0.05, 0.1) is 6.54 Å². The Morgan fingerprint density at radius 3 is 2.55 bits per heavy atom. The highest BCUT2D eigenvalue weighted by Gasteiger charge is 2.19. The predicted octanol–water partition coefficient (Wildman–Crippen LogP) is 4.14. The Kier molecular flexibility index (Phi) is 5.58. The third kappa shape index (κ3) is 4.47. The Morgan fingerprint density at radius 1 is 0.966 bits per heavy atom. The lowest BCUT2D eigenvalue weighted by atomic mass is 10.1. The standard InChI is InChI=1S/C25H22N2O2/c28-24-9-3-4-17-27(24)23-14-10-19(11-15-23)6-5-16-26-25(29)22-13-12-20-7-1-2-8-21(20)18-22/h1-2,7-8,10-15,18H,3-4,9,16-17H2,(H,26,29). The maximum absolute atomic E-state index is 12.3. The van der Waals surface area contributed by atoms with E-state index in [0.29, 0.717) is 12.0 Å². The number of rotatable bonds is 3. The van der Waals surface area contributed by atoms with Crippen molar-refractivity contribution in [3.63, 3.8) is 0 Å². The van der Waals surface area contributed by atoms with Gasteiger partial charge in [-0.15, -0.1) is 0 Å². The Balaban J connectivity index is 1.34. The molecule has 1 saturated heterocycles. The van der Waals surface area contributed by atoms with E-state index < -0.39 is 0 Å². The number of carbonyl (C=O) groups is 2. The molecule has 29 heavy (non-hydrogen) atoms. The number of fused-ring (bicyclic) bond motifs is 1. The summed E-state index contributed by atoms with van der Waals surface area (Å²) in [4.78, 5) is 26.2. The highest BCUT2D eigenvalue weighted by Crippen LogP contribution is 2.21. The van der Waals surface area contributed by atoms with Crippen LogP contribution < -0.4 is 10.2 Å². The van der Waals surface area contributed by atoms with Crippen molar-refractivity contribution in [1.82, 2.24) is 5.32 Å². The summed E-state index contributed by atoms with van der Waals surface area (Å²) in [6.07, 6.45) is 2.65. The summed E-state index contributed by atoms with van der Waals surface area (Å²) < 4.78 is 0. The first-order valence-electron chi connectivity index (χ1n) is 9.87. The van der Waals surface area contributed by atoms with Gasteiger partial charge in [0, 0.05) is 29.8 Å². The number of carbonyl (C=O) groups excluding carboxylic acids is 2. The molecule has 0 radical (unpaired) electrons. The molecule has 0 saturated carbocycles. The highest BCUT2D eigenvalue weighted by atomic mass is 16.2. The third-order valence-electron chi connectivity index (χ3n) is 5.08. The smallest absolute Gasteiger partial charge is 0.252 e. The van der Waals surface area contributed by atoms with Crippen molar-refractivity contribution in [3.05, 3.63) is 77.9 Å². The van der Waals surface area contributed by atoms with Crippen LogP contribution in [0.4, 0.5) is 5.69 Å². The maximum Gasteiger partial charge on any atom is 0.252 e. The van der Waals surface area contributed by atoms with Crippen LogP contribution in [-0.2, 0) is 4.79 Å². The maximum atomic E-state index is 12.3. The van der Waals surface area contributed by atoms with Gasteiger partial charge in [0.15, 0.2) is 0 Å². The second-order valence-electron chi connectivity index (χ2n) is 7.10. The predicted molar refractivity (Wildman–Crippen MR) is 116 cm³/mol. The molecule has 1 heterocycles. The molecule has 144 valence electrons. The van der Waals surface area contributed by atoms with E-state index in [1.165, 1.54) is 0 Å². The fourth-order valence-corrected chi connectivity index (χ4v) is 3.51. The molecule has 4 rings (SSSR count). The summed E-state index contributed by atoms with van der Waals surface area (Å²) in [6, 6.07) is 21.3. The topological polar surface area (TPSA) is 49.4 Å². The number of hydrogen-bond donors (Lipinski definition) is 1. The molecule has 0 unspecified atom stereocenters. The van der Waals surface area contributed by atoms with Crippen molar-refractivity contribution in [2.45, 2.75) is 19.3 Å². The van der Waals surface area contributed by atoms with E-state index in [1.807, 2.05) is 71.6 Å². The summed E-state index contributed by atoms with van der Waals surface area (Å²) in [7, 11) is 0. The molecule has 3 aromatic rings. The number of amides is 2. The van der Waals surface area contributed by atoms with Gasteiger partial charge in [0.1, 0.15) is 0 Å². The lowest BCUT2D eigenvalue weighted by Gasteiger charge is -2.26. The number of nitrogens with zero attached hydrogens (tertiary/aromatic N) is 1. The monoisotopic (exact) mass is 382 g/mol. The largest absolute Gasteiger partial charge is 0.341 e. The SMILES string of the molecule is O=C(NCC#Cc1ccc(N2CCCCC2=O)cc1)c1ccc2ccccc2c1. The second-order valence-corrected chi connectivity index (χ2v) is 7.10. The zero-order chi connectivity index (χ0) is 20.1. The number of nitrogens with one attached hydrogen (secondary N) is 1. The van der Waals surface area contributed by atoms with E-state index >= 15 is 0 Å². The lowest BCUT2D eigenvalue weighted by molar-refractivity contribution is -0.119. The first-order valence-corrected chi connectivity index (χ1v) is 9.87. The van der Waals surface area contributed by atoms with Crippen LogP contribution in [0.15, 0.2) is 66.7 Å². The van der Waals surface area contributed by atoms with Gasteiger partial charge in [0.25, 0.3) is 5.91 Å². The summed E-state index contributed by atoms with van der Waals surface area (Å²) in [5, 5.41) is 4.99. The Morgan fingerprint density at radius 2 is 1.76 bits per heavy atom. The quantitative estimate of drug-likeness (QED) is 0.692. The van der Waals surface area contributed by atoms with Crippen LogP contribution in [0.2, 0.25) is 0 Å². The van der Waals surface area contributed by atoms with Crippen LogP contribution in [0, 0.1) is 11.8 Å². The van der Waals surface area contributed by atoms with Crippen LogP contribution in [0.25, 0.3) is 10.8 Å². The molecular formula is C25H22N2O2. The average Bonchev–Trinajstić information content (AvgIpc) is 2.77. The molecule has 0 atom stereocenters. The Labute approximate surface area is 170 Å². The highest BCUT2D eigenvalue weighted by molar-refractivity contribution is 5.98. The number of anilines is 1. The molecule has 4 heteroatoms. The van der Waals surface area contributed by atoms with Crippen molar-refractivity contribution in [2.24, 2.45) is 0 Å². The summed E-state index contributed by atoms with van der Waals surface area (Å²) in [6.45, 7) is 1.06. The van der Waals surface area contributed by atoms with E-state index in [4.69, 9.17) is 0 Å². The van der Waals surface area contributed by atoms with Crippen molar-refractivity contribution in [2.75, 3.05) is 18.0 Å². The zero-order valence-corrected chi connectivity index (χ0v) is 16.2. The van der Waals surface area contributed by atoms with Crippen molar-refractivity contribution in [1.29, 1.82) is 0 Å². The summed E-state index contributed by atoms with van der Waals surface area (Å²) >= 11 is 0. The van der Waals surface area contributed by atoms with Gasteiger partial charge in [-0.2, -0.15) is 0 Å². The Bertz CT molecular complexity index is 1110. The van der Waals surface area contributed by atoms with Crippen LogP contribution >= 0.6 is 0 Å². The van der Waals surface area contributed by atoms with E-state index in [1.54, 1.807) is 0 Å². The summed E-state index contributed by atoms with van der Waals surface area (Å²) in [5.74, 6) is 6.09. The number of hydrogen-bond acceptors (Lipinski definition) is 2. The minimum atomic E-state index is -0.135. The number of piperidine rings is 1. The normalized spacial score (nSPS) is 13.7. The van der Waals surface area contributed by atoms with Gasteiger partial charge in [-0.05, 0) is 60.0 Å². The van der Waals surface area contributed by atoms with Crippen LogP contribution in [0.3, 0.4) is 0 Å². The molecule has 1 fully saturated rings. The van der Waals surface area contributed by atoms with E-state index in [9.17, 15) is 9.59 Å². The zero-order valence-electron chi connectivity index (χ0n) is 16.2. The van der Waals surface area contributed by atoms with Gasteiger partial charge in [0.2, 0.25) is 5.91 Å². The van der Waals surface area contributed by atoms with E-state index in [0.717, 1.165) is 41.4 Å². The van der Waals surface area contributed by atoms with Crippen molar-refractivity contribution in [3.8, 4) is 11.8 Å². The first kappa shape index (κ1) is 18.8. The van der Waals surface area contributed by atoms with E-state index in [2.05, 4.69) is 17.2 Å². The molecule has 4 nitrogen and oxygen atoms in total. The minimum Gasteiger partial charge on any atom is -0.341 e. The second kappa shape index (κ2) is 8.62. The summed E-state index contributed by atoms with van der Waals surface area (Å²) in [5.41, 5.74) is 2.41. The van der Waals surface area contributed by atoms with Gasteiger partial charge >= 0.3 is 0 Å². The van der Waals surface area contributed by atoms with Crippen molar-refractivity contribution < 1.29 is 9.59 Å². The van der Waals surface area contributed by atoms with Gasteiger partial charge in [-0.1, -0.05) is 42.2 Å². The van der Waals surface area contributed by atoms with Gasteiger partial charge in [-0.25, -0.2) is 0 Å². The van der Waals surface area contributed by atoms with Gasteiger partial charge in [-0.3, -0.25) is 9.59 Å². The van der Waals surface area contributed by atoms with Crippen LogP contribution in [-0.4, -0.2) is 24.9 Å². The minimum absolute atomic E-state index is 0.135. The van der Waals surface area contributed by atoms with Crippen molar-refractivity contribution >= 4 is 28.3 Å². The average molecular weight is 382 g/mol. The molecule has 0 aromatic heterocycles. The molecule has 1 aliphatic heterocycles. The molecule has 3 aromatic carbocycles. The Hall–Kier alpha value is -3.58. The molecule has 0 bridgehead atoms. The van der Waals surface area contributed by atoms with E-state index in [-0.39, 0.29) is 18.4 Å². The molecule has 1 N–H and O–H groups in total. The lowest BCUT2D eigenvalue weighted by Crippen LogP contribution is -2.35. The first-order chi connectivity index (χ1) is 14.2. The molecule has 0 spiro atoms. The molecular weight excluding hydrogens is 360 g/mol. The van der Waals surface area contributed by atoms with Crippen LogP contribution in [0.1, 0.15) is 35.2 Å². The third-order valence-corrected chi connectivity index (χ3v) is 5.08. The molecule has 2 amide bonds. The van der Waals surface area contributed by atoms with Gasteiger partial charge < -0.3 is 10.2 Å². The van der Waals surface area contributed by atoms with Crippen LogP contribution in [0.5, 0.6) is 0 Å². The fourth-order valence-electron chi connectivity index (χ4n) is 3.51.